The van der Waals surface area contributed by atoms with Crippen molar-refractivity contribution < 1.29 is 24.3 Å². The quantitative estimate of drug-likeness (QED) is 0.0898. The van der Waals surface area contributed by atoms with Crippen molar-refractivity contribution in [1.29, 1.82) is 0 Å². The van der Waals surface area contributed by atoms with Gasteiger partial charge >= 0.3 is 5.97 Å². The molecule has 0 fully saturated rings. The number of nitrogens with zero attached hydrogens (tertiary/aromatic N) is 1. The van der Waals surface area contributed by atoms with Gasteiger partial charge in [0.2, 0.25) is 17.7 Å². The zero-order valence-corrected chi connectivity index (χ0v) is 20.2. The molecule has 194 valence electrons. The van der Waals surface area contributed by atoms with Crippen LogP contribution in [-0.2, 0) is 25.6 Å². The number of nitrogens with two attached hydrogens (primary N) is 3. The van der Waals surface area contributed by atoms with E-state index < -0.39 is 41.8 Å². The highest BCUT2D eigenvalue weighted by Gasteiger charge is 2.27. The number of carbonyl (C=O) groups is 4. The third-order valence-electron chi connectivity index (χ3n) is 4.98. The van der Waals surface area contributed by atoms with Gasteiger partial charge in [0.15, 0.2) is 5.96 Å². The lowest BCUT2D eigenvalue weighted by atomic mass is 10.0. The number of carbonyl (C=O) groups excluding carboxylic acids is 3. The molecule has 1 aromatic carbocycles. The van der Waals surface area contributed by atoms with Gasteiger partial charge in [0.1, 0.15) is 12.1 Å². The molecule has 0 saturated carbocycles. The van der Waals surface area contributed by atoms with E-state index in [2.05, 4.69) is 20.9 Å². The van der Waals surface area contributed by atoms with Crippen LogP contribution >= 0.6 is 0 Å². The molecule has 0 bridgehead atoms. The summed E-state index contributed by atoms with van der Waals surface area (Å²) in [5.74, 6) is -3.00. The minimum atomic E-state index is -1.21. The van der Waals surface area contributed by atoms with Gasteiger partial charge in [-0.2, -0.15) is 0 Å². The molecule has 0 aliphatic heterocycles. The number of aliphatic carboxylic acids is 1. The molecule has 0 aliphatic carbocycles. The van der Waals surface area contributed by atoms with Crippen LogP contribution in [0.4, 0.5) is 0 Å². The number of aliphatic imine (C=N–C) groups is 1. The van der Waals surface area contributed by atoms with Gasteiger partial charge in [-0.3, -0.25) is 19.4 Å². The van der Waals surface area contributed by atoms with E-state index in [0.29, 0.717) is 12.8 Å². The van der Waals surface area contributed by atoms with Gasteiger partial charge < -0.3 is 38.3 Å². The summed E-state index contributed by atoms with van der Waals surface area (Å²) in [7, 11) is 0. The summed E-state index contributed by atoms with van der Waals surface area (Å²) in [5.41, 5.74) is 17.3. The first-order valence-electron chi connectivity index (χ1n) is 11.4. The maximum Gasteiger partial charge on any atom is 0.326 e. The van der Waals surface area contributed by atoms with Crippen molar-refractivity contribution in [2.45, 2.75) is 57.7 Å². The van der Waals surface area contributed by atoms with Gasteiger partial charge in [-0.05, 0) is 37.2 Å². The zero-order valence-electron chi connectivity index (χ0n) is 20.2. The largest absolute Gasteiger partial charge is 0.480 e. The Morgan fingerprint density at radius 1 is 1.00 bits per heavy atom. The van der Waals surface area contributed by atoms with Crippen LogP contribution in [0.15, 0.2) is 35.3 Å². The fourth-order valence-electron chi connectivity index (χ4n) is 3.24. The molecule has 0 radical (unpaired) electrons. The van der Waals surface area contributed by atoms with Gasteiger partial charge in [0.25, 0.3) is 0 Å². The van der Waals surface area contributed by atoms with Crippen molar-refractivity contribution in [2.75, 3.05) is 13.1 Å². The van der Waals surface area contributed by atoms with Crippen molar-refractivity contribution in [2.24, 2.45) is 28.1 Å². The zero-order chi connectivity index (χ0) is 26.4. The predicted molar refractivity (Wildman–Crippen MR) is 132 cm³/mol. The summed E-state index contributed by atoms with van der Waals surface area (Å²) in [6.45, 7) is 3.58. The second-order valence-corrected chi connectivity index (χ2v) is 8.61. The molecule has 0 aromatic heterocycles. The molecule has 0 spiro atoms. The Kier molecular flexibility index (Phi) is 12.8. The van der Waals surface area contributed by atoms with Gasteiger partial charge in [-0.15, -0.1) is 0 Å². The summed E-state index contributed by atoms with van der Waals surface area (Å²) in [6.07, 6.45) is 1.03. The Morgan fingerprint density at radius 2 is 1.66 bits per heavy atom. The molecule has 0 aliphatic rings. The molecule has 12 nitrogen and oxygen atoms in total. The number of carboxylic acids is 1. The highest BCUT2D eigenvalue weighted by atomic mass is 16.4. The van der Waals surface area contributed by atoms with Gasteiger partial charge in [0.05, 0.1) is 12.6 Å². The van der Waals surface area contributed by atoms with Crippen LogP contribution in [-0.4, -0.2) is 66.0 Å². The lowest BCUT2D eigenvalue weighted by Gasteiger charge is -2.23. The molecule has 35 heavy (non-hydrogen) atoms. The van der Waals surface area contributed by atoms with E-state index in [1.807, 2.05) is 44.2 Å². The fraction of sp³-hybridized carbons (Fsp3) is 0.522. The first-order chi connectivity index (χ1) is 16.5. The molecule has 10 N–H and O–H groups in total. The second-order valence-electron chi connectivity index (χ2n) is 8.61. The average molecular weight is 492 g/mol. The standard InChI is InChI=1S/C23H37N7O5/c1-14(2)11-18(21(33)30-17(22(34)35)9-6-10-27-23(25)26)29-19(31)13-28-20(32)16(24)12-15-7-4-3-5-8-15/h3-5,7-8,14,16-18H,6,9-13,24H2,1-2H3,(H,28,32)(H,29,31)(H,30,33)(H,34,35)(H4,25,26,27). The van der Waals surface area contributed by atoms with E-state index in [0.717, 1.165) is 5.56 Å². The summed E-state index contributed by atoms with van der Waals surface area (Å²) in [6, 6.07) is 6.25. The number of benzene rings is 1. The van der Waals surface area contributed by atoms with Crippen molar-refractivity contribution >= 4 is 29.7 Å². The number of nitrogens with one attached hydrogen (secondary N) is 3. The first kappa shape index (κ1) is 29.4. The predicted octanol–water partition coefficient (Wildman–Crippen LogP) is -1.17. The summed E-state index contributed by atoms with van der Waals surface area (Å²) < 4.78 is 0. The Morgan fingerprint density at radius 3 is 2.23 bits per heavy atom. The van der Waals surface area contributed by atoms with E-state index >= 15 is 0 Å². The Bertz CT molecular complexity index is 872. The van der Waals surface area contributed by atoms with E-state index in [-0.39, 0.29) is 37.8 Å². The maximum absolute atomic E-state index is 12.8. The van der Waals surface area contributed by atoms with E-state index in [4.69, 9.17) is 17.2 Å². The van der Waals surface area contributed by atoms with Gasteiger partial charge in [-0.25, -0.2) is 4.79 Å². The van der Waals surface area contributed by atoms with Crippen molar-refractivity contribution in [3.05, 3.63) is 35.9 Å². The van der Waals surface area contributed by atoms with Crippen molar-refractivity contribution in [3.63, 3.8) is 0 Å². The average Bonchev–Trinajstić information content (AvgIpc) is 2.78. The lowest BCUT2D eigenvalue weighted by molar-refractivity contribution is -0.142. The smallest absolute Gasteiger partial charge is 0.326 e. The van der Waals surface area contributed by atoms with Crippen LogP contribution in [0.25, 0.3) is 0 Å². The minimum Gasteiger partial charge on any atom is -0.480 e. The Labute approximate surface area is 205 Å². The number of rotatable bonds is 15. The molecule has 1 aromatic rings. The number of hydrogen-bond donors (Lipinski definition) is 7. The number of guanidine groups is 1. The van der Waals surface area contributed by atoms with Crippen molar-refractivity contribution in [1.82, 2.24) is 16.0 Å². The molecule has 3 atom stereocenters. The normalized spacial score (nSPS) is 13.3. The summed E-state index contributed by atoms with van der Waals surface area (Å²) >= 11 is 0. The molecular weight excluding hydrogens is 454 g/mol. The monoisotopic (exact) mass is 491 g/mol. The topological polar surface area (TPSA) is 215 Å². The van der Waals surface area contributed by atoms with Crippen LogP contribution in [0, 0.1) is 5.92 Å². The number of carboxylic acid groups (broad SMARTS) is 1. The van der Waals surface area contributed by atoms with Crippen LogP contribution < -0.4 is 33.2 Å². The van der Waals surface area contributed by atoms with Gasteiger partial charge in [-0.1, -0.05) is 44.2 Å². The molecule has 3 amide bonds. The van der Waals surface area contributed by atoms with Crippen LogP contribution in [0.3, 0.4) is 0 Å². The third kappa shape index (κ3) is 12.4. The molecular formula is C23H37N7O5. The maximum atomic E-state index is 12.8. The molecule has 0 saturated heterocycles. The van der Waals surface area contributed by atoms with Crippen LogP contribution in [0.2, 0.25) is 0 Å². The van der Waals surface area contributed by atoms with E-state index in [1.165, 1.54) is 0 Å². The number of hydrogen-bond acceptors (Lipinski definition) is 6. The minimum absolute atomic E-state index is 0.0325. The van der Waals surface area contributed by atoms with Crippen LogP contribution in [0.5, 0.6) is 0 Å². The summed E-state index contributed by atoms with van der Waals surface area (Å²) in [4.78, 5) is 52.8. The second kappa shape index (κ2) is 15.3. The first-order valence-corrected chi connectivity index (χ1v) is 11.4. The highest BCUT2D eigenvalue weighted by molar-refractivity contribution is 5.92. The summed E-state index contributed by atoms with van der Waals surface area (Å²) in [5, 5.41) is 16.9. The van der Waals surface area contributed by atoms with Crippen LogP contribution in [0.1, 0.15) is 38.7 Å². The molecule has 0 heterocycles. The molecule has 12 heteroatoms. The third-order valence-corrected chi connectivity index (χ3v) is 4.98. The van der Waals surface area contributed by atoms with E-state index in [9.17, 15) is 24.3 Å². The van der Waals surface area contributed by atoms with Gasteiger partial charge in [0, 0.05) is 6.54 Å². The van der Waals surface area contributed by atoms with E-state index in [1.54, 1.807) is 0 Å². The number of amides is 3. The fourth-order valence-corrected chi connectivity index (χ4v) is 3.24. The molecule has 3 unspecified atom stereocenters. The SMILES string of the molecule is CC(C)CC(NC(=O)CNC(=O)C(N)Cc1ccccc1)C(=O)NC(CCCN=C(N)N)C(=O)O. The lowest BCUT2D eigenvalue weighted by Crippen LogP contribution is -2.54. The molecule has 1 rings (SSSR count). The Balaban J connectivity index is 2.63. The highest BCUT2D eigenvalue weighted by Crippen LogP contribution is 2.07. The van der Waals surface area contributed by atoms with Crippen molar-refractivity contribution in [3.8, 4) is 0 Å². The Hall–Kier alpha value is -3.67.